The van der Waals surface area contributed by atoms with Gasteiger partial charge in [0.15, 0.2) is 6.10 Å². The van der Waals surface area contributed by atoms with Gasteiger partial charge in [0.2, 0.25) is 0 Å². The van der Waals surface area contributed by atoms with Gasteiger partial charge in [-0.25, -0.2) is 4.57 Å². The molecule has 0 aromatic rings. The number of esters is 2. The van der Waals surface area contributed by atoms with Crippen LogP contribution in [0.25, 0.3) is 0 Å². The number of phosphoric acid groups is 1. The van der Waals surface area contributed by atoms with Crippen molar-refractivity contribution in [3.63, 3.8) is 0 Å². The van der Waals surface area contributed by atoms with E-state index in [-0.39, 0.29) is 19.4 Å². The topological polar surface area (TPSA) is 172 Å². The first-order valence-corrected chi connectivity index (χ1v) is 28.5. The number of rotatable bonds is 50. The quantitative estimate of drug-likeness (QED) is 0.0229. The molecule has 0 heterocycles. The lowest BCUT2D eigenvalue weighted by Crippen LogP contribution is -2.34. The van der Waals surface area contributed by atoms with Gasteiger partial charge >= 0.3 is 25.7 Å². The van der Waals surface area contributed by atoms with E-state index in [4.69, 9.17) is 29.4 Å². The Kier molecular flexibility index (Phi) is 48.0. The van der Waals surface area contributed by atoms with Crippen LogP contribution in [-0.4, -0.2) is 59.9 Å². The minimum absolute atomic E-state index is 0.152. The van der Waals surface area contributed by atoms with E-state index in [9.17, 15) is 23.8 Å². The molecule has 0 amide bonds. The maximum Gasteiger partial charge on any atom is 0.472 e. The lowest BCUT2D eigenvalue weighted by Gasteiger charge is -2.20. The van der Waals surface area contributed by atoms with Crippen LogP contribution in [0.5, 0.6) is 0 Å². The number of hydrogen-bond donors (Lipinski definition) is 3. The maximum atomic E-state index is 12.7. The van der Waals surface area contributed by atoms with E-state index in [0.717, 1.165) is 83.5 Å². The molecule has 0 aliphatic heterocycles. The minimum Gasteiger partial charge on any atom is -0.480 e. The van der Waals surface area contributed by atoms with Crippen LogP contribution < -0.4 is 5.73 Å². The molecule has 0 aromatic carbocycles. The van der Waals surface area contributed by atoms with Crippen LogP contribution in [0.15, 0.2) is 72.9 Å². The standard InChI is InChI=1S/C56H98NO10P/c1-3-5-7-9-11-13-15-17-19-21-23-25-26-28-30-32-34-36-38-40-42-44-46-48-55(59)67-52(50-65-68(62,63)66-51-53(57)56(60)61)49-64-54(58)47-45-43-41-39-37-35-33-31-29-27-24-22-20-18-16-14-12-10-8-6-4-2/h5,7,11,13,16-19,22-25,52-53H,3-4,6,8-10,12,14-15,20-21,26-51,57H2,1-2H3,(H,60,61)(H,62,63)/b7-5-,13-11-,18-16-,19-17-,24-22-,25-23-. The van der Waals surface area contributed by atoms with Crippen molar-refractivity contribution >= 4 is 25.7 Å². The summed E-state index contributed by atoms with van der Waals surface area (Å²) in [4.78, 5) is 46.3. The zero-order valence-electron chi connectivity index (χ0n) is 42.9. The van der Waals surface area contributed by atoms with Gasteiger partial charge in [-0.1, -0.05) is 209 Å². The van der Waals surface area contributed by atoms with Crippen molar-refractivity contribution in [1.82, 2.24) is 0 Å². The van der Waals surface area contributed by atoms with Crippen LogP contribution in [0, 0.1) is 0 Å². The minimum atomic E-state index is -4.73. The van der Waals surface area contributed by atoms with Crippen LogP contribution in [0.3, 0.4) is 0 Å². The van der Waals surface area contributed by atoms with Crippen LogP contribution in [-0.2, 0) is 37.5 Å². The van der Waals surface area contributed by atoms with Crippen molar-refractivity contribution in [2.75, 3.05) is 19.8 Å². The van der Waals surface area contributed by atoms with Gasteiger partial charge in [-0.15, -0.1) is 0 Å². The summed E-state index contributed by atoms with van der Waals surface area (Å²) in [5.74, 6) is -2.39. The summed E-state index contributed by atoms with van der Waals surface area (Å²) in [5, 5.41) is 8.94. The number of phosphoric ester groups is 1. The molecule has 3 atom stereocenters. The van der Waals surface area contributed by atoms with E-state index in [1.165, 1.54) is 109 Å². The number of carbonyl (C=O) groups excluding carboxylic acids is 2. The molecule has 68 heavy (non-hydrogen) atoms. The predicted molar refractivity (Wildman–Crippen MR) is 281 cm³/mol. The molecule has 0 radical (unpaired) electrons. The molecule has 12 heteroatoms. The van der Waals surface area contributed by atoms with Gasteiger partial charge in [-0.2, -0.15) is 0 Å². The summed E-state index contributed by atoms with van der Waals surface area (Å²) >= 11 is 0. The second kappa shape index (κ2) is 50.3. The van der Waals surface area contributed by atoms with Gasteiger partial charge in [0, 0.05) is 12.8 Å². The molecule has 0 bridgehead atoms. The Labute approximate surface area is 414 Å². The summed E-state index contributed by atoms with van der Waals surface area (Å²) in [5.41, 5.74) is 5.36. The molecule has 11 nitrogen and oxygen atoms in total. The van der Waals surface area contributed by atoms with Crippen molar-refractivity contribution in [3.05, 3.63) is 72.9 Å². The lowest BCUT2D eigenvalue weighted by molar-refractivity contribution is -0.161. The first-order chi connectivity index (χ1) is 33.1. The second-order valence-electron chi connectivity index (χ2n) is 18.0. The van der Waals surface area contributed by atoms with E-state index in [0.29, 0.717) is 12.8 Å². The Morgan fingerprint density at radius 2 is 0.824 bits per heavy atom. The number of allylic oxidation sites excluding steroid dienone is 12. The van der Waals surface area contributed by atoms with Gasteiger partial charge in [0.25, 0.3) is 0 Å². The molecule has 0 saturated heterocycles. The molecule has 0 fully saturated rings. The third-order valence-electron chi connectivity index (χ3n) is 11.4. The van der Waals surface area contributed by atoms with Gasteiger partial charge in [-0.05, 0) is 83.5 Å². The fourth-order valence-electron chi connectivity index (χ4n) is 7.26. The van der Waals surface area contributed by atoms with Gasteiger partial charge in [0.1, 0.15) is 12.6 Å². The average molecular weight is 976 g/mol. The van der Waals surface area contributed by atoms with Crippen LogP contribution in [0.1, 0.15) is 232 Å². The van der Waals surface area contributed by atoms with Crippen molar-refractivity contribution in [1.29, 1.82) is 0 Å². The van der Waals surface area contributed by atoms with E-state index in [2.05, 4.69) is 86.8 Å². The summed E-state index contributed by atoms with van der Waals surface area (Å²) in [7, 11) is -4.73. The molecular formula is C56H98NO10P. The second-order valence-corrected chi connectivity index (χ2v) is 19.4. The normalized spacial score (nSPS) is 14.1. The zero-order chi connectivity index (χ0) is 49.9. The van der Waals surface area contributed by atoms with Crippen LogP contribution in [0.4, 0.5) is 0 Å². The van der Waals surface area contributed by atoms with Crippen molar-refractivity contribution in [2.24, 2.45) is 5.73 Å². The average Bonchev–Trinajstić information content (AvgIpc) is 3.32. The van der Waals surface area contributed by atoms with E-state index in [1.54, 1.807) is 0 Å². The van der Waals surface area contributed by atoms with Gasteiger partial charge in [0.05, 0.1) is 13.2 Å². The number of aliphatic carboxylic acids is 1. The smallest absolute Gasteiger partial charge is 0.472 e. The van der Waals surface area contributed by atoms with Crippen molar-refractivity contribution < 1.29 is 47.5 Å². The van der Waals surface area contributed by atoms with Gasteiger partial charge in [-0.3, -0.25) is 23.4 Å². The molecule has 392 valence electrons. The molecule has 0 saturated carbocycles. The highest BCUT2D eigenvalue weighted by Crippen LogP contribution is 2.43. The Morgan fingerprint density at radius 3 is 1.24 bits per heavy atom. The largest absolute Gasteiger partial charge is 0.480 e. The Bertz CT molecular complexity index is 1420. The number of carboxylic acids is 1. The SMILES string of the molecule is CC/C=C\C/C=C\C/C=C\C/C=C\CCCCCCCCCCCCC(=O)OC(COC(=O)CCCCCCCCCCC/C=C\C/C=C\CCCCCCC)COP(=O)(O)OCC(N)C(=O)O. The molecule has 0 spiro atoms. The lowest BCUT2D eigenvalue weighted by atomic mass is 10.0. The monoisotopic (exact) mass is 976 g/mol. The first-order valence-electron chi connectivity index (χ1n) is 27.0. The number of nitrogens with two attached hydrogens (primary N) is 1. The molecular weight excluding hydrogens is 878 g/mol. The molecule has 0 aliphatic carbocycles. The van der Waals surface area contributed by atoms with Crippen molar-refractivity contribution in [3.8, 4) is 0 Å². The van der Waals surface area contributed by atoms with E-state index < -0.39 is 51.1 Å². The fraction of sp³-hybridized carbons (Fsp3) is 0.732. The number of ether oxygens (including phenoxy) is 2. The number of unbranched alkanes of at least 4 members (excludes halogenated alkanes) is 24. The van der Waals surface area contributed by atoms with Crippen molar-refractivity contribution in [2.45, 2.75) is 244 Å². The molecule has 3 unspecified atom stereocenters. The molecule has 0 rings (SSSR count). The maximum absolute atomic E-state index is 12.7. The summed E-state index contributed by atoms with van der Waals surface area (Å²) in [6, 6.07) is -1.53. The highest BCUT2D eigenvalue weighted by molar-refractivity contribution is 7.47. The van der Waals surface area contributed by atoms with Gasteiger partial charge < -0.3 is 25.2 Å². The molecule has 4 N–H and O–H groups in total. The summed E-state index contributed by atoms with van der Waals surface area (Å²) < 4.78 is 32.9. The number of carboxylic acid groups (broad SMARTS) is 1. The third kappa shape index (κ3) is 49.3. The summed E-state index contributed by atoms with van der Waals surface area (Å²) in [6.45, 7) is 2.70. The highest BCUT2D eigenvalue weighted by atomic mass is 31.2. The molecule has 0 aliphatic rings. The van der Waals surface area contributed by atoms with Crippen LogP contribution in [0.2, 0.25) is 0 Å². The Balaban J connectivity index is 4.23. The number of carbonyl (C=O) groups is 3. The molecule has 0 aromatic heterocycles. The van der Waals surface area contributed by atoms with E-state index in [1.807, 2.05) is 0 Å². The highest BCUT2D eigenvalue weighted by Gasteiger charge is 2.28. The predicted octanol–water partition coefficient (Wildman–Crippen LogP) is 15.6. The fourth-order valence-corrected chi connectivity index (χ4v) is 8.04. The third-order valence-corrected chi connectivity index (χ3v) is 12.4. The van der Waals surface area contributed by atoms with E-state index >= 15 is 0 Å². The Morgan fingerprint density at radius 1 is 0.471 bits per heavy atom. The zero-order valence-corrected chi connectivity index (χ0v) is 43.8. The first kappa shape index (κ1) is 64.9. The van der Waals surface area contributed by atoms with Crippen LogP contribution >= 0.6 is 7.82 Å². The summed E-state index contributed by atoms with van der Waals surface area (Å²) in [6.07, 6.45) is 62.4. The Hall–Kier alpha value is -3.08. The number of hydrogen-bond acceptors (Lipinski definition) is 9.